The third-order valence-corrected chi connectivity index (χ3v) is 4.03. The van der Waals surface area contributed by atoms with Crippen LogP contribution in [-0.4, -0.2) is 40.3 Å². The zero-order valence-corrected chi connectivity index (χ0v) is 14.5. The van der Waals surface area contributed by atoms with Gasteiger partial charge in [-0.3, -0.25) is 0 Å². The molecule has 1 amide bonds. The third kappa shape index (κ3) is 4.97. The second-order valence-electron chi connectivity index (χ2n) is 7.07. The summed E-state index contributed by atoms with van der Waals surface area (Å²) in [7, 11) is 0. The van der Waals surface area contributed by atoms with Crippen molar-refractivity contribution in [2.75, 3.05) is 6.54 Å². The molecule has 6 heteroatoms. The van der Waals surface area contributed by atoms with Gasteiger partial charge in [0.25, 0.3) is 0 Å². The molecule has 23 heavy (non-hydrogen) atoms. The number of amides is 1. The van der Waals surface area contributed by atoms with E-state index in [0.29, 0.717) is 12.3 Å². The van der Waals surface area contributed by atoms with E-state index in [1.807, 2.05) is 33.8 Å². The summed E-state index contributed by atoms with van der Waals surface area (Å²) in [6.45, 7) is 8.90. The van der Waals surface area contributed by atoms with Crippen LogP contribution < -0.4 is 5.32 Å². The molecule has 2 rings (SSSR count). The number of rotatable bonds is 4. The summed E-state index contributed by atoms with van der Waals surface area (Å²) in [5.41, 5.74) is -0.480. The van der Waals surface area contributed by atoms with Crippen LogP contribution in [-0.2, 0) is 17.9 Å². The highest BCUT2D eigenvalue weighted by atomic mass is 16.6. The molecule has 1 aromatic heterocycles. The lowest BCUT2D eigenvalue weighted by Crippen LogP contribution is -2.55. The summed E-state index contributed by atoms with van der Waals surface area (Å²) in [6, 6.07) is 3.89. The summed E-state index contributed by atoms with van der Waals surface area (Å²) in [4.78, 5) is 14.1. The number of nitrogens with zero attached hydrogens (tertiary/aromatic N) is 1. The summed E-state index contributed by atoms with van der Waals surface area (Å²) in [5.74, 6) is 1.35. The number of piperidine rings is 1. The number of carbonyl (C=O) groups excluding carboxylic acids is 1. The van der Waals surface area contributed by atoms with Crippen LogP contribution in [0.1, 0.15) is 52.1 Å². The first-order valence-corrected chi connectivity index (χ1v) is 8.21. The molecular formula is C17H28N2O4. The Morgan fingerprint density at radius 2 is 2.13 bits per heavy atom. The van der Waals surface area contributed by atoms with E-state index in [2.05, 4.69) is 5.32 Å². The lowest BCUT2D eigenvalue weighted by atomic mass is 9.98. The highest BCUT2D eigenvalue weighted by molar-refractivity contribution is 5.68. The van der Waals surface area contributed by atoms with Crippen molar-refractivity contribution in [3.8, 4) is 0 Å². The van der Waals surface area contributed by atoms with E-state index in [1.54, 1.807) is 11.0 Å². The quantitative estimate of drug-likeness (QED) is 0.890. The number of carbonyl (C=O) groups is 1. The Morgan fingerprint density at radius 3 is 2.74 bits per heavy atom. The molecule has 1 saturated heterocycles. The predicted octanol–water partition coefficient (Wildman–Crippen LogP) is 2.65. The normalized spacial score (nSPS) is 22.2. The molecule has 1 aliphatic heterocycles. The minimum Gasteiger partial charge on any atom is -0.462 e. The SMILES string of the molecule is CC1C(NCc2ccc(CO)o2)CCCN1C(=O)OC(C)(C)C. The number of nitrogens with one attached hydrogen (secondary N) is 1. The van der Waals surface area contributed by atoms with Crippen molar-refractivity contribution in [3.05, 3.63) is 23.7 Å². The number of likely N-dealkylation sites (tertiary alicyclic amines) is 1. The minimum atomic E-state index is -0.480. The van der Waals surface area contributed by atoms with Gasteiger partial charge in [0, 0.05) is 18.6 Å². The lowest BCUT2D eigenvalue weighted by molar-refractivity contribution is 0.00689. The Hall–Kier alpha value is -1.53. The first kappa shape index (κ1) is 17.8. The van der Waals surface area contributed by atoms with Gasteiger partial charge in [-0.2, -0.15) is 0 Å². The topological polar surface area (TPSA) is 74.9 Å². The highest BCUT2D eigenvalue weighted by Crippen LogP contribution is 2.21. The molecule has 0 bridgehead atoms. The molecule has 130 valence electrons. The van der Waals surface area contributed by atoms with E-state index < -0.39 is 5.60 Å². The standard InChI is InChI=1S/C17H28N2O4/c1-12-15(18-10-13-7-8-14(11-20)22-13)6-5-9-19(12)16(21)23-17(2,3)4/h7-8,12,15,18,20H,5-6,9-11H2,1-4H3. The zero-order chi connectivity index (χ0) is 17.0. The van der Waals surface area contributed by atoms with E-state index >= 15 is 0 Å². The molecule has 1 fully saturated rings. The predicted molar refractivity (Wildman–Crippen MR) is 86.9 cm³/mol. The van der Waals surface area contributed by atoms with Gasteiger partial charge in [-0.05, 0) is 52.7 Å². The maximum atomic E-state index is 12.3. The summed E-state index contributed by atoms with van der Waals surface area (Å²) in [5, 5.41) is 12.5. The van der Waals surface area contributed by atoms with Crippen molar-refractivity contribution in [3.63, 3.8) is 0 Å². The zero-order valence-electron chi connectivity index (χ0n) is 14.5. The van der Waals surface area contributed by atoms with Crippen LogP contribution in [0.15, 0.2) is 16.5 Å². The second-order valence-corrected chi connectivity index (χ2v) is 7.07. The van der Waals surface area contributed by atoms with Crippen molar-refractivity contribution in [2.24, 2.45) is 0 Å². The highest BCUT2D eigenvalue weighted by Gasteiger charge is 2.33. The molecule has 2 N–H and O–H groups in total. The van der Waals surface area contributed by atoms with Crippen LogP contribution in [0.4, 0.5) is 4.79 Å². The van der Waals surface area contributed by atoms with E-state index in [-0.39, 0.29) is 24.8 Å². The molecule has 1 aromatic rings. The molecule has 0 radical (unpaired) electrons. The summed E-state index contributed by atoms with van der Waals surface area (Å²) in [6.07, 6.45) is 1.70. The average Bonchev–Trinajstić information content (AvgIpc) is 2.92. The fourth-order valence-electron chi connectivity index (χ4n) is 2.83. The third-order valence-electron chi connectivity index (χ3n) is 4.03. The van der Waals surface area contributed by atoms with Crippen LogP contribution in [0.2, 0.25) is 0 Å². The number of furan rings is 1. The van der Waals surface area contributed by atoms with Gasteiger partial charge >= 0.3 is 6.09 Å². The van der Waals surface area contributed by atoms with Crippen molar-refractivity contribution in [1.29, 1.82) is 0 Å². The monoisotopic (exact) mass is 324 g/mol. The van der Waals surface area contributed by atoms with Crippen molar-refractivity contribution in [2.45, 2.75) is 71.4 Å². The largest absolute Gasteiger partial charge is 0.462 e. The van der Waals surface area contributed by atoms with Gasteiger partial charge in [0.1, 0.15) is 23.7 Å². The Labute approximate surface area is 137 Å². The van der Waals surface area contributed by atoms with Crippen LogP contribution in [0.3, 0.4) is 0 Å². The number of aliphatic hydroxyl groups excluding tert-OH is 1. The van der Waals surface area contributed by atoms with Crippen LogP contribution in [0.5, 0.6) is 0 Å². The summed E-state index contributed by atoms with van der Waals surface area (Å²) < 4.78 is 11.0. The van der Waals surface area contributed by atoms with Gasteiger partial charge in [0.05, 0.1) is 6.54 Å². The van der Waals surface area contributed by atoms with Gasteiger partial charge in [0.15, 0.2) is 0 Å². The smallest absolute Gasteiger partial charge is 0.410 e. The van der Waals surface area contributed by atoms with E-state index in [4.69, 9.17) is 14.3 Å². The molecule has 6 nitrogen and oxygen atoms in total. The molecule has 0 spiro atoms. The number of ether oxygens (including phenoxy) is 1. The molecule has 2 heterocycles. The van der Waals surface area contributed by atoms with Crippen LogP contribution in [0.25, 0.3) is 0 Å². The van der Waals surface area contributed by atoms with Crippen molar-refractivity contribution >= 4 is 6.09 Å². The molecule has 2 unspecified atom stereocenters. The van der Waals surface area contributed by atoms with Crippen LogP contribution in [0, 0.1) is 0 Å². The Kier molecular flexibility index (Phi) is 5.70. The number of hydrogen-bond acceptors (Lipinski definition) is 5. The molecule has 0 aliphatic carbocycles. The van der Waals surface area contributed by atoms with Gasteiger partial charge in [-0.15, -0.1) is 0 Å². The van der Waals surface area contributed by atoms with Gasteiger partial charge in [-0.25, -0.2) is 4.79 Å². The van der Waals surface area contributed by atoms with E-state index in [9.17, 15) is 4.79 Å². The van der Waals surface area contributed by atoms with Crippen molar-refractivity contribution in [1.82, 2.24) is 10.2 Å². The summed E-state index contributed by atoms with van der Waals surface area (Å²) >= 11 is 0. The number of hydrogen-bond donors (Lipinski definition) is 2. The lowest BCUT2D eigenvalue weighted by Gasteiger charge is -2.40. The second kappa shape index (κ2) is 7.36. The molecule has 1 aliphatic rings. The van der Waals surface area contributed by atoms with Gasteiger partial charge in [-0.1, -0.05) is 0 Å². The molecule has 0 saturated carbocycles. The van der Waals surface area contributed by atoms with Crippen LogP contribution >= 0.6 is 0 Å². The maximum Gasteiger partial charge on any atom is 0.410 e. The Morgan fingerprint density at radius 1 is 1.43 bits per heavy atom. The Bertz CT molecular complexity index is 521. The van der Waals surface area contributed by atoms with E-state index in [1.165, 1.54) is 0 Å². The average molecular weight is 324 g/mol. The molecular weight excluding hydrogens is 296 g/mol. The van der Waals surface area contributed by atoms with Crippen molar-refractivity contribution < 1.29 is 19.1 Å². The van der Waals surface area contributed by atoms with E-state index in [0.717, 1.165) is 25.1 Å². The molecule has 0 aromatic carbocycles. The first-order valence-electron chi connectivity index (χ1n) is 8.21. The Balaban J connectivity index is 1.91. The first-order chi connectivity index (χ1) is 10.8. The number of aliphatic hydroxyl groups is 1. The van der Waals surface area contributed by atoms with Gasteiger partial charge < -0.3 is 24.5 Å². The fourth-order valence-corrected chi connectivity index (χ4v) is 2.83. The maximum absolute atomic E-state index is 12.3. The molecule has 2 atom stereocenters. The van der Waals surface area contributed by atoms with Gasteiger partial charge in [0.2, 0.25) is 0 Å². The fraction of sp³-hybridized carbons (Fsp3) is 0.706. The minimum absolute atomic E-state index is 0.0610.